The van der Waals surface area contributed by atoms with E-state index in [0.29, 0.717) is 23.0 Å². The Morgan fingerprint density at radius 1 is 1.24 bits per heavy atom. The van der Waals surface area contributed by atoms with Gasteiger partial charge in [-0.05, 0) is 49.1 Å². The summed E-state index contributed by atoms with van der Waals surface area (Å²) in [4.78, 5) is 46.9. The molecule has 8 nitrogen and oxygen atoms in total. The lowest BCUT2D eigenvalue weighted by Crippen LogP contribution is -2.53. The van der Waals surface area contributed by atoms with Gasteiger partial charge in [-0.2, -0.15) is 5.26 Å². The van der Waals surface area contributed by atoms with Gasteiger partial charge in [0.2, 0.25) is 11.8 Å². The van der Waals surface area contributed by atoms with E-state index in [4.69, 9.17) is 0 Å². The van der Waals surface area contributed by atoms with E-state index in [9.17, 15) is 24.0 Å². The second-order valence-corrected chi connectivity index (χ2v) is 10.5. The van der Waals surface area contributed by atoms with Crippen molar-refractivity contribution in [3.8, 4) is 6.07 Å². The summed E-state index contributed by atoms with van der Waals surface area (Å²) < 4.78 is 14.3. The van der Waals surface area contributed by atoms with Crippen molar-refractivity contribution in [1.29, 1.82) is 5.26 Å². The van der Waals surface area contributed by atoms with Crippen molar-refractivity contribution in [3.63, 3.8) is 0 Å². The Morgan fingerprint density at radius 3 is 2.68 bits per heavy atom. The van der Waals surface area contributed by atoms with Gasteiger partial charge in [-0.25, -0.2) is 4.39 Å². The van der Waals surface area contributed by atoms with Gasteiger partial charge in [-0.3, -0.25) is 14.4 Å². The highest BCUT2D eigenvalue weighted by molar-refractivity contribution is 6.07. The lowest BCUT2D eigenvalue weighted by Gasteiger charge is -2.34. The summed E-state index contributed by atoms with van der Waals surface area (Å²) >= 11 is 0. The zero-order valence-electron chi connectivity index (χ0n) is 21.6. The average molecular weight is 516 g/mol. The lowest BCUT2D eigenvalue weighted by molar-refractivity contribution is -0.137. The number of nitrogens with one attached hydrogen (secondary N) is 2. The number of likely N-dealkylation sites (tertiary alicyclic amines) is 1. The molecule has 1 aromatic heterocycles. The third kappa shape index (κ3) is 4.01. The molecular formula is C29H30FN5O3. The second-order valence-electron chi connectivity index (χ2n) is 10.5. The van der Waals surface area contributed by atoms with Crippen molar-refractivity contribution in [2.45, 2.75) is 51.1 Å². The molecule has 0 bridgehead atoms. The molecular weight excluding hydrogens is 485 g/mol. The summed E-state index contributed by atoms with van der Waals surface area (Å²) in [5.74, 6) is -1.38. The largest absolute Gasteiger partial charge is 0.350 e. The van der Waals surface area contributed by atoms with Crippen LogP contribution < -0.4 is 5.32 Å². The van der Waals surface area contributed by atoms with E-state index in [1.165, 1.54) is 21.9 Å². The van der Waals surface area contributed by atoms with Crippen LogP contribution in [-0.4, -0.2) is 57.7 Å². The number of H-pyrrole nitrogens is 1. The van der Waals surface area contributed by atoms with Crippen LogP contribution in [0.5, 0.6) is 0 Å². The minimum atomic E-state index is -1.01. The summed E-state index contributed by atoms with van der Waals surface area (Å²) in [7, 11) is 0. The molecule has 2 aliphatic rings. The number of rotatable bonds is 6. The van der Waals surface area contributed by atoms with E-state index in [0.717, 1.165) is 5.56 Å². The molecule has 1 spiro atoms. The van der Waals surface area contributed by atoms with Gasteiger partial charge in [0, 0.05) is 36.1 Å². The maximum absolute atomic E-state index is 14.3. The highest BCUT2D eigenvalue weighted by Crippen LogP contribution is 2.46. The first-order valence-electron chi connectivity index (χ1n) is 12.9. The number of nitrogens with zero attached hydrogens (tertiary/aromatic N) is 3. The molecule has 38 heavy (non-hydrogen) atoms. The number of carbonyl (C=O) groups is 3. The number of aromatic amines is 1. The quantitative estimate of drug-likeness (QED) is 0.513. The number of hydrogen-bond donors (Lipinski definition) is 2. The first-order valence-corrected chi connectivity index (χ1v) is 12.9. The fraction of sp³-hybridized carbons (Fsp3) is 0.379. The fourth-order valence-electron chi connectivity index (χ4n) is 5.88. The van der Waals surface area contributed by atoms with Crippen LogP contribution in [0.3, 0.4) is 0 Å². The number of amides is 3. The molecule has 196 valence electrons. The van der Waals surface area contributed by atoms with Gasteiger partial charge >= 0.3 is 0 Å². The molecule has 2 aliphatic heterocycles. The van der Waals surface area contributed by atoms with Crippen molar-refractivity contribution in [1.82, 2.24) is 14.8 Å². The predicted octanol–water partition coefficient (Wildman–Crippen LogP) is 4.20. The van der Waals surface area contributed by atoms with Crippen LogP contribution in [0.25, 0.3) is 10.9 Å². The molecule has 1 fully saturated rings. The van der Waals surface area contributed by atoms with Crippen LogP contribution in [0.1, 0.15) is 49.7 Å². The molecule has 2 aromatic carbocycles. The van der Waals surface area contributed by atoms with Crippen LogP contribution in [0.15, 0.2) is 48.5 Å². The Kier molecular flexibility index (Phi) is 6.43. The number of benzene rings is 2. The number of carbonyl (C=O) groups excluding carboxylic acids is 3. The molecule has 3 amide bonds. The van der Waals surface area contributed by atoms with Crippen LogP contribution in [0, 0.1) is 23.1 Å². The number of fused-ring (bicyclic) bond motifs is 3. The normalized spacial score (nSPS) is 21.0. The molecule has 0 saturated carbocycles. The van der Waals surface area contributed by atoms with Gasteiger partial charge in [0.15, 0.2) is 0 Å². The van der Waals surface area contributed by atoms with Crippen LogP contribution in [0.4, 0.5) is 10.1 Å². The zero-order valence-corrected chi connectivity index (χ0v) is 21.6. The maximum Gasteiger partial charge on any atom is 0.270 e. The smallest absolute Gasteiger partial charge is 0.270 e. The molecule has 2 N–H and O–H groups in total. The van der Waals surface area contributed by atoms with Crippen molar-refractivity contribution in [2.75, 3.05) is 18.4 Å². The second kappa shape index (κ2) is 9.60. The highest BCUT2D eigenvalue weighted by Gasteiger charge is 2.56. The predicted molar refractivity (Wildman–Crippen MR) is 141 cm³/mol. The average Bonchev–Trinajstić information content (AvgIpc) is 3.58. The minimum absolute atomic E-state index is 0.0604. The summed E-state index contributed by atoms with van der Waals surface area (Å²) in [5, 5.41) is 13.2. The molecule has 5 rings (SSSR count). The number of likely N-dealkylation sites (N-methyl/N-ethyl adjacent to an activating group) is 1. The number of para-hydroxylation sites is 1. The molecule has 3 aromatic rings. The van der Waals surface area contributed by atoms with E-state index >= 15 is 0 Å². The number of halogens is 1. The molecule has 3 heterocycles. The minimum Gasteiger partial charge on any atom is -0.350 e. The van der Waals surface area contributed by atoms with Gasteiger partial charge in [0.05, 0.1) is 11.5 Å². The molecule has 9 heteroatoms. The Hall–Kier alpha value is -4.19. The number of aromatic nitrogens is 1. The number of hydrogen-bond acceptors (Lipinski definition) is 4. The Labute approximate surface area is 220 Å². The summed E-state index contributed by atoms with van der Waals surface area (Å²) in [6.45, 7) is 6.01. The third-order valence-electron chi connectivity index (χ3n) is 7.71. The summed E-state index contributed by atoms with van der Waals surface area (Å²) in [6, 6.07) is 13.9. The van der Waals surface area contributed by atoms with Crippen molar-refractivity contribution >= 4 is 34.3 Å². The third-order valence-corrected chi connectivity index (χ3v) is 7.71. The van der Waals surface area contributed by atoms with Crippen LogP contribution in [-0.2, 0) is 15.0 Å². The summed E-state index contributed by atoms with van der Waals surface area (Å²) in [6.07, 6.45) is 0.561. The number of nitriles is 1. The monoisotopic (exact) mass is 515 g/mol. The molecule has 1 saturated heterocycles. The van der Waals surface area contributed by atoms with Crippen LogP contribution >= 0.6 is 0 Å². The lowest BCUT2D eigenvalue weighted by atomic mass is 9.80. The molecule has 0 radical (unpaired) electrons. The Bertz CT molecular complexity index is 1470. The maximum atomic E-state index is 14.3. The topological polar surface area (TPSA) is 109 Å². The van der Waals surface area contributed by atoms with Gasteiger partial charge in [0.25, 0.3) is 5.91 Å². The van der Waals surface area contributed by atoms with Gasteiger partial charge < -0.3 is 20.1 Å². The highest BCUT2D eigenvalue weighted by atomic mass is 19.1. The molecule has 0 aliphatic carbocycles. The van der Waals surface area contributed by atoms with E-state index in [2.05, 4.69) is 16.4 Å². The van der Waals surface area contributed by atoms with Crippen molar-refractivity contribution in [2.24, 2.45) is 5.92 Å². The van der Waals surface area contributed by atoms with Gasteiger partial charge in [-0.15, -0.1) is 0 Å². The van der Waals surface area contributed by atoms with E-state index in [1.807, 2.05) is 38.1 Å². The zero-order chi connectivity index (χ0) is 27.2. The Balaban J connectivity index is 1.49. The number of anilines is 1. The van der Waals surface area contributed by atoms with E-state index < -0.39 is 29.2 Å². The molecule has 3 atom stereocenters. The summed E-state index contributed by atoms with van der Waals surface area (Å²) in [5.41, 5.74) is 1.15. The van der Waals surface area contributed by atoms with Gasteiger partial charge in [-0.1, -0.05) is 38.1 Å². The first kappa shape index (κ1) is 25.5. The van der Waals surface area contributed by atoms with Crippen LogP contribution in [0.2, 0.25) is 0 Å². The molecule has 0 unspecified atom stereocenters. The SMILES string of the molecule is CCN(C(=O)c1cc2c(F)cccc2[nH]1)[C@@H](CC(C)C)C(=O)N1C[C@]2(C[C@H]1C#N)C(=O)Nc1ccccc12. The van der Waals surface area contributed by atoms with Crippen molar-refractivity contribution < 1.29 is 18.8 Å². The Morgan fingerprint density at radius 2 is 2.00 bits per heavy atom. The standard InChI is InChI=1S/C29H30FN5O3/c1-4-34(26(36)24-13-19-21(30)9-7-11-22(19)32-24)25(12-17(2)3)27(37)35-16-29(14-18(35)15-31)20-8-5-6-10-23(20)33-28(29)38/h5-11,13,17-18,25,32H,4,12,14,16H2,1-3H3,(H,33,38)/t18-,25-,29-/m0/s1. The van der Waals surface area contributed by atoms with Gasteiger partial charge in [0.1, 0.15) is 23.6 Å². The fourth-order valence-corrected chi connectivity index (χ4v) is 5.88. The van der Waals surface area contributed by atoms with E-state index in [-0.39, 0.29) is 42.9 Å². The van der Waals surface area contributed by atoms with Crippen molar-refractivity contribution in [3.05, 3.63) is 65.6 Å². The van der Waals surface area contributed by atoms with E-state index in [1.54, 1.807) is 19.1 Å². The first-order chi connectivity index (χ1) is 18.2.